The molecule has 0 saturated heterocycles. The number of aromatic nitrogens is 2. The van der Waals surface area contributed by atoms with Gasteiger partial charge in [0, 0.05) is 16.8 Å². The van der Waals surface area contributed by atoms with Gasteiger partial charge in [-0.05, 0) is 43.7 Å². The first kappa shape index (κ1) is 18.7. The largest absolute Gasteiger partial charge is 0.492 e. The van der Waals surface area contributed by atoms with Gasteiger partial charge in [-0.15, -0.1) is 0 Å². The Morgan fingerprint density at radius 2 is 1.89 bits per heavy atom. The van der Waals surface area contributed by atoms with E-state index in [0.717, 1.165) is 11.3 Å². The lowest BCUT2D eigenvalue weighted by atomic mass is 10.2. The van der Waals surface area contributed by atoms with Crippen LogP contribution in [-0.4, -0.2) is 22.5 Å². The van der Waals surface area contributed by atoms with Crippen LogP contribution < -0.4 is 15.4 Å². The number of ether oxygens (including phenoxy) is 1. The number of rotatable bonds is 6. The number of nitrogens with zero attached hydrogens (tertiary/aromatic N) is 2. The molecule has 138 valence electrons. The topological polar surface area (TPSA) is 76.1 Å². The molecule has 0 atom stereocenters. The highest BCUT2D eigenvalue weighted by Crippen LogP contribution is 2.27. The van der Waals surface area contributed by atoms with Crippen LogP contribution in [0.25, 0.3) is 0 Å². The Morgan fingerprint density at radius 1 is 1.11 bits per heavy atom. The third-order valence-corrected chi connectivity index (χ3v) is 4.27. The van der Waals surface area contributed by atoms with Gasteiger partial charge in [0.15, 0.2) is 0 Å². The lowest BCUT2D eigenvalue weighted by molar-refractivity contribution is 0.102. The predicted molar refractivity (Wildman–Crippen MR) is 107 cm³/mol. The van der Waals surface area contributed by atoms with E-state index in [1.54, 1.807) is 24.3 Å². The lowest BCUT2D eigenvalue weighted by Crippen LogP contribution is -2.15. The molecule has 0 aliphatic rings. The average molecular weight is 383 g/mol. The Bertz CT molecular complexity index is 962. The highest BCUT2D eigenvalue weighted by atomic mass is 35.5. The monoisotopic (exact) mass is 382 g/mol. The van der Waals surface area contributed by atoms with Crippen molar-refractivity contribution < 1.29 is 9.53 Å². The van der Waals surface area contributed by atoms with Crippen molar-refractivity contribution in [3.8, 4) is 5.75 Å². The number of benzene rings is 2. The average Bonchev–Trinajstić information content (AvgIpc) is 2.67. The van der Waals surface area contributed by atoms with E-state index in [9.17, 15) is 4.79 Å². The summed E-state index contributed by atoms with van der Waals surface area (Å²) in [6, 6.07) is 14.4. The summed E-state index contributed by atoms with van der Waals surface area (Å²) in [6.45, 7) is 4.31. The number of carbonyl (C=O) groups excluding carboxylic acids is 1. The Kier molecular flexibility index (Phi) is 5.88. The van der Waals surface area contributed by atoms with E-state index in [0.29, 0.717) is 28.9 Å². The molecule has 0 saturated carbocycles. The molecule has 2 aromatic carbocycles. The molecule has 0 unspecified atom stereocenters. The maximum Gasteiger partial charge on any atom is 0.274 e. The molecule has 3 rings (SSSR count). The fourth-order valence-corrected chi connectivity index (χ4v) is 2.64. The minimum absolute atomic E-state index is 0.237. The lowest BCUT2D eigenvalue weighted by Gasteiger charge is -2.12. The summed E-state index contributed by atoms with van der Waals surface area (Å²) >= 11 is 6.10. The second-order valence-corrected chi connectivity index (χ2v) is 6.12. The molecular weight excluding hydrogens is 364 g/mol. The van der Waals surface area contributed by atoms with Crippen molar-refractivity contribution >= 4 is 34.7 Å². The van der Waals surface area contributed by atoms with Gasteiger partial charge >= 0.3 is 0 Å². The second-order valence-electron chi connectivity index (χ2n) is 5.71. The van der Waals surface area contributed by atoms with E-state index in [2.05, 4.69) is 20.6 Å². The molecule has 6 nitrogen and oxygen atoms in total. The van der Waals surface area contributed by atoms with Crippen molar-refractivity contribution in [2.24, 2.45) is 0 Å². The van der Waals surface area contributed by atoms with Gasteiger partial charge in [0.1, 0.15) is 23.6 Å². The van der Waals surface area contributed by atoms with Crippen molar-refractivity contribution in [3.63, 3.8) is 0 Å². The minimum Gasteiger partial charge on any atom is -0.492 e. The number of nitrogens with one attached hydrogen (secondary N) is 2. The number of hydrogen-bond donors (Lipinski definition) is 2. The van der Waals surface area contributed by atoms with Crippen molar-refractivity contribution in [3.05, 3.63) is 71.1 Å². The van der Waals surface area contributed by atoms with Gasteiger partial charge < -0.3 is 15.4 Å². The third-order valence-electron chi connectivity index (χ3n) is 3.87. The van der Waals surface area contributed by atoms with Crippen molar-refractivity contribution in [1.82, 2.24) is 9.97 Å². The molecule has 0 bridgehead atoms. The fraction of sp³-hybridized carbons (Fsp3) is 0.150. The Hall–Kier alpha value is -3.12. The zero-order valence-electron chi connectivity index (χ0n) is 15.0. The Balaban J connectivity index is 1.79. The van der Waals surface area contributed by atoms with Crippen LogP contribution in [0.5, 0.6) is 5.75 Å². The van der Waals surface area contributed by atoms with Gasteiger partial charge in [-0.3, -0.25) is 4.79 Å². The smallest absolute Gasteiger partial charge is 0.274 e. The molecule has 3 aromatic rings. The van der Waals surface area contributed by atoms with Gasteiger partial charge in [0.25, 0.3) is 5.91 Å². The quantitative estimate of drug-likeness (QED) is 0.638. The normalized spacial score (nSPS) is 10.3. The molecule has 0 aliphatic heterocycles. The number of anilines is 3. The predicted octanol–water partition coefficient (Wildman–Crippen LogP) is 4.83. The van der Waals surface area contributed by atoms with Crippen molar-refractivity contribution in [1.29, 1.82) is 0 Å². The van der Waals surface area contributed by atoms with E-state index in [4.69, 9.17) is 16.3 Å². The molecule has 7 heteroatoms. The molecule has 0 spiro atoms. The molecule has 0 fully saturated rings. The minimum atomic E-state index is -0.344. The first-order valence-electron chi connectivity index (χ1n) is 8.46. The van der Waals surface area contributed by atoms with E-state index < -0.39 is 0 Å². The molecule has 1 amide bonds. The van der Waals surface area contributed by atoms with Gasteiger partial charge in [-0.1, -0.05) is 29.8 Å². The van der Waals surface area contributed by atoms with Gasteiger partial charge in [-0.25, -0.2) is 9.97 Å². The zero-order chi connectivity index (χ0) is 19.2. The van der Waals surface area contributed by atoms with Gasteiger partial charge in [0.2, 0.25) is 0 Å². The summed E-state index contributed by atoms with van der Waals surface area (Å²) in [7, 11) is 0. The second kappa shape index (κ2) is 8.51. The van der Waals surface area contributed by atoms with Gasteiger partial charge in [0.05, 0.1) is 12.3 Å². The summed E-state index contributed by atoms with van der Waals surface area (Å²) in [6.07, 6.45) is 1.34. The molecular formula is C20H19ClN4O2. The standard InChI is InChI=1S/C20H19ClN4O2/c1-3-27-18-10-5-4-8-16(18)24-19-11-17(22-12-23-19)20(26)25-15-9-6-7-14(21)13(15)2/h4-12H,3H2,1-2H3,(H,25,26)(H,22,23,24). The van der Waals surface area contributed by atoms with Crippen LogP contribution in [0, 0.1) is 6.92 Å². The summed E-state index contributed by atoms with van der Waals surface area (Å²) < 4.78 is 5.59. The molecule has 0 aliphatic carbocycles. The number of hydrogen-bond acceptors (Lipinski definition) is 5. The zero-order valence-corrected chi connectivity index (χ0v) is 15.7. The van der Waals surface area contributed by atoms with Gasteiger partial charge in [-0.2, -0.15) is 0 Å². The van der Waals surface area contributed by atoms with E-state index in [1.807, 2.05) is 38.1 Å². The number of carbonyl (C=O) groups is 1. The summed E-state index contributed by atoms with van der Waals surface area (Å²) in [5.74, 6) is 0.855. The Labute approximate surface area is 162 Å². The summed E-state index contributed by atoms with van der Waals surface area (Å²) in [5, 5.41) is 6.57. The SMILES string of the molecule is CCOc1ccccc1Nc1cc(C(=O)Nc2cccc(Cl)c2C)ncn1. The number of amides is 1. The van der Waals surface area contributed by atoms with Crippen LogP contribution in [0.2, 0.25) is 5.02 Å². The van der Waals surface area contributed by atoms with Crippen molar-refractivity contribution in [2.75, 3.05) is 17.2 Å². The first-order chi connectivity index (χ1) is 13.1. The number of halogens is 1. The molecule has 1 aromatic heterocycles. The van der Waals surface area contributed by atoms with Crippen LogP contribution in [0.3, 0.4) is 0 Å². The summed E-state index contributed by atoms with van der Waals surface area (Å²) in [5.41, 5.74) is 2.43. The van der Waals surface area contributed by atoms with Crippen LogP contribution >= 0.6 is 11.6 Å². The molecule has 1 heterocycles. The van der Waals surface area contributed by atoms with E-state index in [1.165, 1.54) is 6.33 Å². The molecule has 2 N–H and O–H groups in total. The van der Waals surface area contributed by atoms with Crippen LogP contribution in [0.15, 0.2) is 54.9 Å². The highest BCUT2D eigenvalue weighted by molar-refractivity contribution is 6.31. The Morgan fingerprint density at radius 3 is 2.70 bits per heavy atom. The fourth-order valence-electron chi connectivity index (χ4n) is 2.47. The third kappa shape index (κ3) is 4.54. The van der Waals surface area contributed by atoms with Crippen LogP contribution in [0.4, 0.5) is 17.2 Å². The molecule has 0 radical (unpaired) electrons. The number of para-hydroxylation sites is 2. The first-order valence-corrected chi connectivity index (χ1v) is 8.83. The van der Waals surface area contributed by atoms with Crippen LogP contribution in [0.1, 0.15) is 23.0 Å². The van der Waals surface area contributed by atoms with E-state index in [-0.39, 0.29) is 11.6 Å². The highest BCUT2D eigenvalue weighted by Gasteiger charge is 2.12. The summed E-state index contributed by atoms with van der Waals surface area (Å²) in [4.78, 5) is 20.8. The maximum absolute atomic E-state index is 12.6. The van der Waals surface area contributed by atoms with Crippen LogP contribution in [-0.2, 0) is 0 Å². The van der Waals surface area contributed by atoms with E-state index >= 15 is 0 Å². The maximum atomic E-state index is 12.6. The van der Waals surface area contributed by atoms with Crippen molar-refractivity contribution in [2.45, 2.75) is 13.8 Å². The molecule has 27 heavy (non-hydrogen) atoms.